The topological polar surface area (TPSA) is 105 Å². The summed E-state index contributed by atoms with van der Waals surface area (Å²) in [4.78, 5) is 32.7. The van der Waals surface area contributed by atoms with E-state index in [0.29, 0.717) is 0 Å². The summed E-state index contributed by atoms with van der Waals surface area (Å²) in [5.41, 5.74) is -0.555. The molecule has 0 aromatic rings. The van der Waals surface area contributed by atoms with E-state index in [2.05, 4.69) is 10.6 Å². The van der Waals surface area contributed by atoms with Crippen molar-refractivity contribution in [3.8, 4) is 0 Å². The van der Waals surface area contributed by atoms with Gasteiger partial charge in [0.1, 0.15) is 5.60 Å². The molecule has 0 fully saturated rings. The lowest BCUT2D eigenvalue weighted by atomic mass is 10.2. The molecule has 110 valence electrons. The van der Waals surface area contributed by atoms with Gasteiger partial charge in [0.05, 0.1) is 11.5 Å². The van der Waals surface area contributed by atoms with Crippen molar-refractivity contribution in [3.63, 3.8) is 0 Å². The molecule has 3 N–H and O–H groups in total. The van der Waals surface area contributed by atoms with Crippen LogP contribution in [0.5, 0.6) is 0 Å². The molecule has 0 aromatic heterocycles. The maximum absolute atomic E-state index is 11.2. The number of amides is 2. The maximum atomic E-state index is 11.2. The van der Waals surface area contributed by atoms with Gasteiger partial charge in [-0.15, -0.1) is 11.8 Å². The molecule has 0 aliphatic heterocycles. The van der Waals surface area contributed by atoms with E-state index < -0.39 is 17.7 Å². The molecule has 19 heavy (non-hydrogen) atoms. The van der Waals surface area contributed by atoms with Crippen LogP contribution in [-0.4, -0.2) is 53.3 Å². The predicted octanol–water partition coefficient (Wildman–Crippen LogP) is 0.445. The van der Waals surface area contributed by atoms with Crippen molar-refractivity contribution in [2.75, 3.05) is 24.6 Å². The van der Waals surface area contributed by atoms with Crippen molar-refractivity contribution in [2.24, 2.45) is 0 Å². The van der Waals surface area contributed by atoms with Gasteiger partial charge in [-0.3, -0.25) is 9.59 Å². The summed E-state index contributed by atoms with van der Waals surface area (Å²) in [5, 5.41) is 13.4. The summed E-state index contributed by atoms with van der Waals surface area (Å²) in [5.74, 6) is -1.25. The number of nitrogens with one attached hydrogen (secondary N) is 2. The fourth-order valence-corrected chi connectivity index (χ4v) is 1.53. The first kappa shape index (κ1) is 17.6. The molecule has 0 heterocycles. The summed E-state index contributed by atoms with van der Waals surface area (Å²) in [6, 6.07) is 0. The molecule has 0 spiro atoms. The first-order valence-corrected chi connectivity index (χ1v) is 6.89. The highest BCUT2D eigenvalue weighted by atomic mass is 32.2. The number of carbonyl (C=O) groups is 3. The van der Waals surface area contributed by atoms with Crippen molar-refractivity contribution in [2.45, 2.75) is 26.4 Å². The van der Waals surface area contributed by atoms with Gasteiger partial charge in [-0.05, 0) is 20.8 Å². The van der Waals surface area contributed by atoms with E-state index in [4.69, 9.17) is 9.84 Å². The lowest BCUT2D eigenvalue weighted by Gasteiger charge is -2.19. The first-order chi connectivity index (χ1) is 8.70. The summed E-state index contributed by atoms with van der Waals surface area (Å²) >= 11 is 1.02. The highest BCUT2D eigenvalue weighted by Crippen LogP contribution is 2.05. The zero-order chi connectivity index (χ0) is 14.9. The molecule has 0 saturated carbocycles. The number of alkyl carbamates (subject to hydrolysis) is 1. The third kappa shape index (κ3) is 12.8. The molecule has 0 atom stereocenters. The Kier molecular flexibility index (Phi) is 7.97. The van der Waals surface area contributed by atoms with Crippen molar-refractivity contribution in [3.05, 3.63) is 0 Å². The van der Waals surface area contributed by atoms with Crippen LogP contribution >= 0.6 is 11.8 Å². The van der Waals surface area contributed by atoms with Crippen LogP contribution < -0.4 is 10.6 Å². The van der Waals surface area contributed by atoms with Gasteiger partial charge in [-0.25, -0.2) is 4.79 Å². The van der Waals surface area contributed by atoms with Gasteiger partial charge in [0.15, 0.2) is 0 Å². The van der Waals surface area contributed by atoms with E-state index in [1.807, 2.05) is 0 Å². The van der Waals surface area contributed by atoms with Crippen LogP contribution in [0.15, 0.2) is 0 Å². The van der Waals surface area contributed by atoms with E-state index in [1.54, 1.807) is 20.8 Å². The molecule has 0 rings (SSSR count). The minimum Gasteiger partial charge on any atom is -0.481 e. The van der Waals surface area contributed by atoms with Crippen LogP contribution in [0.3, 0.4) is 0 Å². The van der Waals surface area contributed by atoms with E-state index in [-0.39, 0.29) is 30.5 Å². The number of carboxylic acid groups (broad SMARTS) is 1. The fraction of sp³-hybridized carbons (Fsp3) is 0.727. The normalized spacial score (nSPS) is 10.7. The number of rotatable bonds is 7. The van der Waals surface area contributed by atoms with Gasteiger partial charge in [0.2, 0.25) is 5.91 Å². The second-order valence-electron chi connectivity index (χ2n) is 4.67. The Morgan fingerprint density at radius 1 is 1.11 bits per heavy atom. The molecule has 0 aliphatic rings. The number of carbonyl (C=O) groups excluding carboxylic acids is 2. The smallest absolute Gasteiger partial charge is 0.407 e. The molecule has 2 amide bonds. The lowest BCUT2D eigenvalue weighted by Crippen LogP contribution is -2.38. The number of hydrogen-bond donors (Lipinski definition) is 3. The van der Waals surface area contributed by atoms with Crippen LogP contribution in [0.4, 0.5) is 4.79 Å². The molecule has 0 aliphatic carbocycles. The summed E-state index contributed by atoms with van der Waals surface area (Å²) < 4.78 is 5.00. The standard InChI is InChI=1S/C11H20N2O5S/c1-11(2,3)18-10(17)13-5-4-12-8(14)6-19-7-9(15)16/h4-7H2,1-3H3,(H,12,14)(H,13,17)(H,15,16). The quantitative estimate of drug-likeness (QED) is 0.588. The highest BCUT2D eigenvalue weighted by Gasteiger charge is 2.15. The number of aliphatic carboxylic acids is 1. The van der Waals surface area contributed by atoms with Gasteiger partial charge in [0.25, 0.3) is 0 Å². The van der Waals surface area contributed by atoms with E-state index in [9.17, 15) is 14.4 Å². The number of carboxylic acids is 1. The lowest BCUT2D eigenvalue weighted by molar-refractivity contribution is -0.133. The van der Waals surface area contributed by atoms with Crippen LogP contribution in [0.25, 0.3) is 0 Å². The minimum atomic E-state index is -0.954. The van der Waals surface area contributed by atoms with E-state index in [1.165, 1.54) is 0 Å². The van der Waals surface area contributed by atoms with Crippen LogP contribution in [-0.2, 0) is 14.3 Å². The zero-order valence-corrected chi connectivity index (χ0v) is 12.1. The van der Waals surface area contributed by atoms with Gasteiger partial charge in [-0.2, -0.15) is 0 Å². The Morgan fingerprint density at radius 2 is 1.68 bits per heavy atom. The molecule has 0 radical (unpaired) electrons. The molecule has 7 nitrogen and oxygen atoms in total. The number of thioether (sulfide) groups is 1. The Morgan fingerprint density at radius 3 is 2.21 bits per heavy atom. The monoisotopic (exact) mass is 292 g/mol. The van der Waals surface area contributed by atoms with Crippen molar-refractivity contribution < 1.29 is 24.2 Å². The summed E-state index contributed by atoms with van der Waals surface area (Å²) in [7, 11) is 0. The van der Waals surface area contributed by atoms with Crippen LogP contribution in [0, 0.1) is 0 Å². The second kappa shape index (κ2) is 8.63. The van der Waals surface area contributed by atoms with Crippen molar-refractivity contribution in [1.29, 1.82) is 0 Å². The molecule has 0 unspecified atom stereocenters. The predicted molar refractivity (Wildman–Crippen MR) is 72.2 cm³/mol. The third-order valence-corrected chi connectivity index (χ3v) is 2.49. The average Bonchev–Trinajstić information content (AvgIpc) is 2.21. The summed E-state index contributed by atoms with van der Waals surface area (Å²) in [6.07, 6.45) is -0.540. The SMILES string of the molecule is CC(C)(C)OC(=O)NCCNC(=O)CSCC(=O)O. The van der Waals surface area contributed by atoms with E-state index >= 15 is 0 Å². The van der Waals surface area contributed by atoms with Gasteiger partial charge in [0, 0.05) is 13.1 Å². The van der Waals surface area contributed by atoms with Crippen LogP contribution in [0.2, 0.25) is 0 Å². The fourth-order valence-electron chi connectivity index (χ4n) is 0.963. The maximum Gasteiger partial charge on any atom is 0.407 e. The van der Waals surface area contributed by atoms with Gasteiger partial charge in [-0.1, -0.05) is 0 Å². The third-order valence-electron chi connectivity index (χ3n) is 1.57. The summed E-state index contributed by atoms with van der Waals surface area (Å²) in [6.45, 7) is 5.80. The number of hydrogen-bond acceptors (Lipinski definition) is 5. The van der Waals surface area contributed by atoms with Crippen molar-refractivity contribution in [1.82, 2.24) is 10.6 Å². The molecule has 8 heteroatoms. The molecule has 0 aromatic carbocycles. The largest absolute Gasteiger partial charge is 0.481 e. The second-order valence-corrected chi connectivity index (χ2v) is 5.65. The van der Waals surface area contributed by atoms with Gasteiger partial charge >= 0.3 is 12.1 Å². The zero-order valence-electron chi connectivity index (χ0n) is 11.3. The molecular weight excluding hydrogens is 272 g/mol. The molecule has 0 saturated heterocycles. The van der Waals surface area contributed by atoms with Crippen molar-refractivity contribution >= 4 is 29.7 Å². The molecule has 0 bridgehead atoms. The Bertz CT molecular complexity index is 328. The Balaban J connectivity index is 3.56. The molecular formula is C11H20N2O5S. The first-order valence-electron chi connectivity index (χ1n) is 5.74. The Labute approximate surface area is 116 Å². The minimum absolute atomic E-state index is 0.0821. The van der Waals surface area contributed by atoms with E-state index in [0.717, 1.165) is 11.8 Å². The number of ether oxygens (including phenoxy) is 1. The van der Waals surface area contributed by atoms with Gasteiger partial charge < -0.3 is 20.5 Å². The average molecular weight is 292 g/mol. The Hall–Kier alpha value is -1.44. The highest BCUT2D eigenvalue weighted by molar-refractivity contribution is 8.00. The van der Waals surface area contributed by atoms with Crippen LogP contribution in [0.1, 0.15) is 20.8 Å².